The number of carbonyl (C=O) groups excluding carboxylic acids is 1. The van der Waals surface area contributed by atoms with Crippen molar-refractivity contribution in [2.75, 3.05) is 7.11 Å². The summed E-state index contributed by atoms with van der Waals surface area (Å²) in [6, 6.07) is 12.8. The molecule has 1 amide bonds. The van der Waals surface area contributed by atoms with Gasteiger partial charge in [0.25, 0.3) is 11.5 Å². The van der Waals surface area contributed by atoms with Gasteiger partial charge in [-0.05, 0) is 53.0 Å². The average Bonchev–Trinajstić information content (AvgIpc) is 3.28. The highest BCUT2D eigenvalue weighted by Crippen LogP contribution is 2.28. The van der Waals surface area contributed by atoms with Gasteiger partial charge in [0, 0.05) is 9.86 Å². The molecule has 0 aliphatic heterocycles. The largest absolute Gasteiger partial charge is 0.497 e. The molecule has 0 atom stereocenters. The van der Waals surface area contributed by atoms with Gasteiger partial charge >= 0.3 is 0 Å². The van der Waals surface area contributed by atoms with Crippen LogP contribution in [0.5, 0.6) is 5.75 Å². The van der Waals surface area contributed by atoms with Gasteiger partial charge in [0.05, 0.1) is 36.3 Å². The second-order valence-electron chi connectivity index (χ2n) is 7.21. The molecule has 29 heavy (non-hydrogen) atoms. The molecule has 0 bridgehead atoms. The first-order valence-electron chi connectivity index (χ1n) is 9.70. The maximum Gasteiger partial charge on any atom is 0.274 e. The number of carbonyl (C=O) groups is 1. The fraction of sp³-hybridized carbons (Fsp3) is 0.318. The molecule has 0 unspecified atom stereocenters. The second kappa shape index (κ2) is 8.37. The standard InChI is InChI=1S/C22H22BrN3O3/c1-29-15-10-11-19(23)18(12-15)21(27)24-13-20-16-8-4-5-9-17(16)22(28)26(25-20)14-6-2-3-7-14/h4-5,8-12,14H,2-3,6-7,13H2,1H3,(H,24,27). The summed E-state index contributed by atoms with van der Waals surface area (Å²) in [4.78, 5) is 25.7. The smallest absolute Gasteiger partial charge is 0.274 e. The van der Waals surface area contributed by atoms with Crippen molar-refractivity contribution < 1.29 is 9.53 Å². The van der Waals surface area contributed by atoms with Crippen molar-refractivity contribution in [3.63, 3.8) is 0 Å². The van der Waals surface area contributed by atoms with Gasteiger partial charge in [-0.2, -0.15) is 5.10 Å². The molecule has 1 aromatic heterocycles. The van der Waals surface area contributed by atoms with Gasteiger partial charge in [-0.15, -0.1) is 0 Å². The fourth-order valence-electron chi connectivity index (χ4n) is 3.87. The van der Waals surface area contributed by atoms with E-state index in [1.54, 1.807) is 30.0 Å². The van der Waals surface area contributed by atoms with E-state index in [1.807, 2.05) is 24.3 Å². The average molecular weight is 456 g/mol. The molecule has 4 rings (SSSR count). The van der Waals surface area contributed by atoms with Crippen LogP contribution in [0.4, 0.5) is 0 Å². The lowest BCUT2D eigenvalue weighted by Gasteiger charge is -2.16. The van der Waals surface area contributed by atoms with Gasteiger partial charge in [0.15, 0.2) is 0 Å². The van der Waals surface area contributed by atoms with E-state index in [4.69, 9.17) is 4.74 Å². The summed E-state index contributed by atoms with van der Waals surface area (Å²) in [6.07, 6.45) is 4.16. The molecule has 1 N–H and O–H groups in total. The molecule has 1 heterocycles. The van der Waals surface area contributed by atoms with Crippen LogP contribution in [0.1, 0.15) is 47.8 Å². The molecule has 6 nitrogen and oxygen atoms in total. The SMILES string of the molecule is COc1ccc(Br)c(C(=O)NCc2nn(C3CCCC3)c(=O)c3ccccc23)c1. The molecule has 1 saturated carbocycles. The molecule has 0 radical (unpaired) electrons. The maximum atomic E-state index is 12.9. The lowest BCUT2D eigenvalue weighted by Crippen LogP contribution is -2.30. The van der Waals surface area contributed by atoms with E-state index >= 15 is 0 Å². The Balaban J connectivity index is 1.66. The zero-order chi connectivity index (χ0) is 20.4. The third kappa shape index (κ3) is 3.92. The minimum absolute atomic E-state index is 0.0573. The lowest BCUT2D eigenvalue weighted by atomic mass is 10.1. The number of hydrogen-bond donors (Lipinski definition) is 1. The molecule has 7 heteroatoms. The number of nitrogens with zero attached hydrogens (tertiary/aromatic N) is 2. The van der Waals surface area contributed by atoms with Crippen molar-refractivity contribution in [1.82, 2.24) is 15.1 Å². The van der Waals surface area contributed by atoms with E-state index in [2.05, 4.69) is 26.3 Å². The van der Waals surface area contributed by atoms with E-state index < -0.39 is 0 Å². The zero-order valence-electron chi connectivity index (χ0n) is 16.2. The maximum absolute atomic E-state index is 12.9. The third-order valence-electron chi connectivity index (χ3n) is 5.41. The molecule has 0 saturated heterocycles. The van der Waals surface area contributed by atoms with Gasteiger partial charge in [-0.3, -0.25) is 9.59 Å². The number of hydrogen-bond acceptors (Lipinski definition) is 4. The number of rotatable bonds is 5. The Labute approximate surface area is 177 Å². The van der Waals surface area contributed by atoms with Crippen molar-refractivity contribution in [3.8, 4) is 5.75 Å². The lowest BCUT2D eigenvalue weighted by molar-refractivity contribution is 0.0949. The highest BCUT2D eigenvalue weighted by atomic mass is 79.9. The number of aromatic nitrogens is 2. The van der Waals surface area contributed by atoms with Crippen LogP contribution in [-0.4, -0.2) is 22.8 Å². The van der Waals surface area contributed by atoms with Crippen LogP contribution in [0.2, 0.25) is 0 Å². The van der Waals surface area contributed by atoms with Crippen LogP contribution < -0.4 is 15.6 Å². The summed E-state index contributed by atoms with van der Waals surface area (Å²) in [5.74, 6) is 0.372. The van der Waals surface area contributed by atoms with Gasteiger partial charge in [-0.1, -0.05) is 31.0 Å². The third-order valence-corrected chi connectivity index (χ3v) is 6.10. The monoisotopic (exact) mass is 455 g/mol. The molecule has 3 aromatic rings. The summed E-state index contributed by atoms with van der Waals surface area (Å²) in [6.45, 7) is 0.232. The topological polar surface area (TPSA) is 73.2 Å². The Morgan fingerprint density at radius 2 is 1.93 bits per heavy atom. The van der Waals surface area contributed by atoms with Crippen molar-refractivity contribution in [3.05, 3.63) is 68.5 Å². The van der Waals surface area contributed by atoms with Gasteiger partial charge in [-0.25, -0.2) is 4.68 Å². The number of ether oxygens (including phenoxy) is 1. The number of benzene rings is 2. The van der Waals surface area contributed by atoms with Crippen molar-refractivity contribution >= 4 is 32.6 Å². The molecule has 1 aliphatic rings. The van der Waals surface area contributed by atoms with E-state index in [9.17, 15) is 9.59 Å². The summed E-state index contributed by atoms with van der Waals surface area (Å²) < 4.78 is 7.52. The normalized spacial score (nSPS) is 14.3. The van der Waals surface area contributed by atoms with Crippen molar-refractivity contribution in [2.24, 2.45) is 0 Å². The van der Waals surface area contributed by atoms with Gasteiger partial charge in [0.1, 0.15) is 5.75 Å². The van der Waals surface area contributed by atoms with Crippen LogP contribution in [0.15, 0.2) is 51.7 Å². The molecule has 1 fully saturated rings. The van der Waals surface area contributed by atoms with E-state index in [1.165, 1.54) is 0 Å². The van der Waals surface area contributed by atoms with Crippen molar-refractivity contribution in [2.45, 2.75) is 38.3 Å². The first-order chi connectivity index (χ1) is 14.1. The molecular formula is C22H22BrN3O3. The molecule has 0 spiro atoms. The van der Waals surface area contributed by atoms with E-state index in [0.29, 0.717) is 26.9 Å². The predicted molar refractivity (Wildman–Crippen MR) is 115 cm³/mol. The van der Waals surface area contributed by atoms with Crippen LogP contribution in [0, 0.1) is 0 Å². The fourth-order valence-corrected chi connectivity index (χ4v) is 4.29. The quantitative estimate of drug-likeness (QED) is 0.624. The Kier molecular flexibility index (Phi) is 5.67. The number of halogens is 1. The summed E-state index contributed by atoms with van der Waals surface area (Å²) in [5, 5.41) is 9.01. The van der Waals surface area contributed by atoms with Crippen molar-refractivity contribution in [1.29, 1.82) is 0 Å². The Morgan fingerprint density at radius 1 is 1.21 bits per heavy atom. The predicted octanol–water partition coefficient (Wildman–Crippen LogP) is 4.21. The van der Waals surface area contributed by atoms with Gasteiger partial charge in [0.2, 0.25) is 0 Å². The highest BCUT2D eigenvalue weighted by Gasteiger charge is 2.22. The number of nitrogens with one attached hydrogen (secondary N) is 1. The molecular weight excluding hydrogens is 434 g/mol. The molecule has 2 aromatic carbocycles. The van der Waals surface area contributed by atoms with Crippen LogP contribution >= 0.6 is 15.9 Å². The first kappa shape index (κ1) is 19.6. The minimum Gasteiger partial charge on any atom is -0.497 e. The van der Waals surface area contributed by atoms with E-state index in [0.717, 1.165) is 31.1 Å². The number of amides is 1. The van der Waals surface area contributed by atoms with Crippen LogP contribution in [-0.2, 0) is 6.54 Å². The highest BCUT2D eigenvalue weighted by molar-refractivity contribution is 9.10. The molecule has 150 valence electrons. The zero-order valence-corrected chi connectivity index (χ0v) is 17.7. The summed E-state index contributed by atoms with van der Waals surface area (Å²) in [5.41, 5.74) is 1.12. The summed E-state index contributed by atoms with van der Waals surface area (Å²) >= 11 is 3.41. The number of methoxy groups -OCH3 is 1. The van der Waals surface area contributed by atoms with E-state index in [-0.39, 0.29) is 24.1 Å². The Morgan fingerprint density at radius 3 is 2.66 bits per heavy atom. The molecule has 1 aliphatic carbocycles. The number of fused-ring (bicyclic) bond motifs is 1. The first-order valence-corrected chi connectivity index (χ1v) is 10.5. The Bertz CT molecular complexity index is 1120. The van der Waals surface area contributed by atoms with Gasteiger partial charge < -0.3 is 10.1 Å². The van der Waals surface area contributed by atoms with Crippen LogP contribution in [0.3, 0.4) is 0 Å². The second-order valence-corrected chi connectivity index (χ2v) is 8.06. The Hall–Kier alpha value is -2.67. The minimum atomic E-state index is -0.236. The summed E-state index contributed by atoms with van der Waals surface area (Å²) in [7, 11) is 1.56. The van der Waals surface area contributed by atoms with Crippen LogP contribution in [0.25, 0.3) is 10.8 Å².